The van der Waals surface area contributed by atoms with Crippen molar-refractivity contribution in [3.63, 3.8) is 0 Å². The minimum absolute atomic E-state index is 0.0549. The van der Waals surface area contributed by atoms with Gasteiger partial charge in [-0.3, -0.25) is 4.79 Å². The van der Waals surface area contributed by atoms with Crippen LogP contribution in [0.15, 0.2) is 6.07 Å². The summed E-state index contributed by atoms with van der Waals surface area (Å²) in [6, 6.07) is 1.21. The Bertz CT molecular complexity index is 338. The van der Waals surface area contributed by atoms with Crippen molar-refractivity contribution in [3.8, 4) is 11.5 Å². The Labute approximate surface area is 87.1 Å². The smallest absolute Gasteiger partial charge is 0.153 e. The van der Waals surface area contributed by atoms with Gasteiger partial charge in [0.1, 0.15) is 5.75 Å². The molecule has 0 saturated carbocycles. The molecule has 0 aromatic heterocycles. The summed E-state index contributed by atoms with van der Waals surface area (Å²) in [4.78, 5) is 10.3. The first-order valence-electron chi connectivity index (χ1n) is 2.93. The van der Waals surface area contributed by atoms with Crippen molar-refractivity contribution >= 4 is 40.5 Å². The molecule has 0 aliphatic heterocycles. The van der Waals surface area contributed by atoms with E-state index in [1.165, 1.54) is 6.07 Å². The lowest BCUT2D eigenvalue weighted by molar-refractivity contribution is 0.112. The predicted octanol–water partition coefficient (Wildman–Crippen LogP) is 2.17. The van der Waals surface area contributed by atoms with Crippen LogP contribution >= 0.6 is 34.2 Å². The Morgan fingerprint density at radius 1 is 1.42 bits per heavy atom. The molecule has 0 aliphatic rings. The van der Waals surface area contributed by atoms with Crippen LogP contribution in [-0.2, 0) is 0 Å². The second-order valence-corrected chi connectivity index (χ2v) is 3.56. The Hall–Kier alpha value is -0.490. The van der Waals surface area contributed by atoms with Crippen molar-refractivity contribution in [2.45, 2.75) is 0 Å². The molecule has 5 heteroatoms. The molecule has 0 bridgehead atoms. The van der Waals surface area contributed by atoms with Gasteiger partial charge in [0.2, 0.25) is 0 Å². The molecular weight excluding hydrogens is 294 g/mol. The maximum atomic E-state index is 10.3. The van der Waals surface area contributed by atoms with Gasteiger partial charge in [-0.15, -0.1) is 0 Å². The molecule has 12 heavy (non-hydrogen) atoms. The molecule has 0 fully saturated rings. The Kier molecular flexibility index (Phi) is 2.79. The molecule has 0 radical (unpaired) electrons. The third-order valence-corrected chi connectivity index (χ3v) is 2.63. The molecule has 0 spiro atoms. The summed E-state index contributed by atoms with van der Waals surface area (Å²) in [6.07, 6.45) is 0.475. The van der Waals surface area contributed by atoms with Crippen molar-refractivity contribution < 1.29 is 15.0 Å². The van der Waals surface area contributed by atoms with Gasteiger partial charge in [-0.2, -0.15) is 0 Å². The van der Waals surface area contributed by atoms with Gasteiger partial charge in [0, 0.05) is 0 Å². The number of hydrogen-bond acceptors (Lipinski definition) is 3. The summed E-state index contributed by atoms with van der Waals surface area (Å²) in [5, 5.41) is 18.5. The van der Waals surface area contributed by atoms with E-state index in [-0.39, 0.29) is 25.7 Å². The zero-order valence-electron chi connectivity index (χ0n) is 5.71. The molecule has 1 aromatic rings. The SMILES string of the molecule is O=Cc1cc(Cl)c(O)c(I)c1O. The lowest BCUT2D eigenvalue weighted by Gasteiger charge is -2.04. The van der Waals surface area contributed by atoms with E-state index in [4.69, 9.17) is 11.6 Å². The highest BCUT2D eigenvalue weighted by Crippen LogP contribution is 2.36. The van der Waals surface area contributed by atoms with E-state index in [9.17, 15) is 15.0 Å². The number of halogens is 2. The lowest BCUT2D eigenvalue weighted by atomic mass is 10.2. The number of carbonyl (C=O) groups excluding carboxylic acids is 1. The highest BCUT2D eigenvalue weighted by atomic mass is 127. The standard InChI is InChI=1S/C7H4ClIO3/c8-4-1-3(2-10)6(11)5(9)7(4)12/h1-2,11-12H. The summed E-state index contributed by atoms with van der Waals surface area (Å²) in [5.41, 5.74) is 0.0715. The third kappa shape index (κ3) is 1.49. The van der Waals surface area contributed by atoms with Crippen LogP contribution in [0.25, 0.3) is 0 Å². The van der Waals surface area contributed by atoms with E-state index < -0.39 is 0 Å². The summed E-state index contributed by atoms with van der Waals surface area (Å²) < 4.78 is 0.183. The average molecular weight is 298 g/mol. The van der Waals surface area contributed by atoms with E-state index in [2.05, 4.69) is 0 Å². The fourth-order valence-corrected chi connectivity index (χ4v) is 1.68. The van der Waals surface area contributed by atoms with Gasteiger partial charge in [0.15, 0.2) is 12.0 Å². The van der Waals surface area contributed by atoms with Crippen LogP contribution in [0, 0.1) is 3.57 Å². The molecule has 64 valence electrons. The van der Waals surface area contributed by atoms with Crippen LogP contribution in [0.3, 0.4) is 0 Å². The average Bonchev–Trinajstić information content (AvgIpc) is 2.08. The van der Waals surface area contributed by atoms with Crippen LogP contribution in [0.1, 0.15) is 10.4 Å². The summed E-state index contributed by atoms with van der Waals surface area (Å²) in [7, 11) is 0. The molecule has 3 nitrogen and oxygen atoms in total. The number of benzene rings is 1. The summed E-state index contributed by atoms with van der Waals surface area (Å²) in [6.45, 7) is 0. The van der Waals surface area contributed by atoms with Crippen LogP contribution in [0.2, 0.25) is 5.02 Å². The van der Waals surface area contributed by atoms with Crippen LogP contribution in [0.4, 0.5) is 0 Å². The Morgan fingerprint density at radius 3 is 2.50 bits per heavy atom. The number of aldehydes is 1. The first kappa shape index (κ1) is 9.60. The number of carbonyl (C=O) groups is 1. The van der Waals surface area contributed by atoms with E-state index in [0.29, 0.717) is 6.29 Å². The first-order chi connectivity index (χ1) is 5.57. The fraction of sp³-hybridized carbons (Fsp3) is 0. The molecule has 0 amide bonds. The van der Waals surface area contributed by atoms with Gasteiger partial charge in [0.25, 0.3) is 0 Å². The molecule has 1 rings (SSSR count). The quantitative estimate of drug-likeness (QED) is 0.617. The highest BCUT2D eigenvalue weighted by Gasteiger charge is 2.12. The van der Waals surface area contributed by atoms with E-state index >= 15 is 0 Å². The van der Waals surface area contributed by atoms with Gasteiger partial charge >= 0.3 is 0 Å². The van der Waals surface area contributed by atoms with Crippen molar-refractivity contribution in [1.29, 1.82) is 0 Å². The molecule has 0 heterocycles. The minimum atomic E-state index is -0.243. The molecular formula is C7H4ClIO3. The number of hydrogen-bond donors (Lipinski definition) is 2. The molecule has 1 aromatic carbocycles. The van der Waals surface area contributed by atoms with Crippen molar-refractivity contribution in [2.24, 2.45) is 0 Å². The Morgan fingerprint density at radius 2 is 2.00 bits per heavy atom. The minimum Gasteiger partial charge on any atom is -0.506 e. The lowest BCUT2D eigenvalue weighted by Crippen LogP contribution is -1.86. The maximum absolute atomic E-state index is 10.3. The monoisotopic (exact) mass is 298 g/mol. The van der Waals surface area contributed by atoms with Crippen LogP contribution < -0.4 is 0 Å². The molecule has 0 unspecified atom stereocenters. The number of rotatable bonds is 1. The van der Waals surface area contributed by atoms with Gasteiger partial charge in [-0.1, -0.05) is 11.6 Å². The largest absolute Gasteiger partial charge is 0.506 e. The highest BCUT2D eigenvalue weighted by molar-refractivity contribution is 14.1. The van der Waals surface area contributed by atoms with Crippen molar-refractivity contribution in [2.75, 3.05) is 0 Å². The Balaban J connectivity index is 3.49. The first-order valence-corrected chi connectivity index (χ1v) is 4.38. The van der Waals surface area contributed by atoms with Crippen molar-refractivity contribution in [1.82, 2.24) is 0 Å². The predicted molar refractivity (Wildman–Crippen MR) is 52.9 cm³/mol. The number of phenolic OH excluding ortho intramolecular Hbond substituents is 2. The zero-order valence-corrected chi connectivity index (χ0v) is 8.63. The maximum Gasteiger partial charge on any atom is 0.153 e. The van der Waals surface area contributed by atoms with Gasteiger partial charge < -0.3 is 10.2 Å². The number of phenols is 2. The number of aromatic hydroxyl groups is 2. The molecule has 0 saturated heterocycles. The fourth-order valence-electron chi connectivity index (χ4n) is 0.707. The normalized spacial score (nSPS) is 9.83. The zero-order chi connectivity index (χ0) is 9.30. The summed E-state index contributed by atoms with van der Waals surface area (Å²) in [5.74, 6) is -0.451. The van der Waals surface area contributed by atoms with E-state index in [1.54, 1.807) is 22.6 Å². The topological polar surface area (TPSA) is 57.5 Å². The molecule has 0 atom stereocenters. The van der Waals surface area contributed by atoms with E-state index in [0.717, 1.165) is 0 Å². The van der Waals surface area contributed by atoms with Gasteiger partial charge in [-0.05, 0) is 28.7 Å². The molecule has 2 N–H and O–H groups in total. The summed E-state index contributed by atoms with van der Waals surface area (Å²) >= 11 is 7.25. The van der Waals surface area contributed by atoms with Crippen LogP contribution in [-0.4, -0.2) is 16.5 Å². The van der Waals surface area contributed by atoms with Crippen molar-refractivity contribution in [3.05, 3.63) is 20.2 Å². The van der Waals surface area contributed by atoms with Gasteiger partial charge in [-0.25, -0.2) is 0 Å². The van der Waals surface area contributed by atoms with Gasteiger partial charge in [0.05, 0.1) is 14.2 Å². The van der Waals surface area contributed by atoms with E-state index in [1.807, 2.05) is 0 Å². The second kappa shape index (κ2) is 3.49. The molecule has 0 aliphatic carbocycles. The van der Waals surface area contributed by atoms with Crippen LogP contribution in [0.5, 0.6) is 11.5 Å². The third-order valence-electron chi connectivity index (χ3n) is 1.32. The second-order valence-electron chi connectivity index (χ2n) is 2.08.